The lowest BCUT2D eigenvalue weighted by Crippen LogP contribution is -2.38. The standard InChI is InChI=1S/C17H28N4O2/c1-2-21(15-5-8-22-9-6-15)13-14-10-18-17(19-11-14)20-12-16-4-3-7-23-16/h10-11,15-16H,2-9,12-13H2,1H3,(H,18,19,20). The molecule has 3 rings (SSSR count). The lowest BCUT2D eigenvalue weighted by Gasteiger charge is -2.33. The van der Waals surface area contributed by atoms with Crippen molar-refractivity contribution < 1.29 is 9.47 Å². The van der Waals surface area contributed by atoms with Crippen molar-refractivity contribution in [3.05, 3.63) is 18.0 Å². The van der Waals surface area contributed by atoms with Crippen molar-refractivity contribution in [2.24, 2.45) is 0 Å². The van der Waals surface area contributed by atoms with Gasteiger partial charge in [0.15, 0.2) is 0 Å². The summed E-state index contributed by atoms with van der Waals surface area (Å²) in [4.78, 5) is 11.4. The molecule has 0 radical (unpaired) electrons. The van der Waals surface area contributed by atoms with Gasteiger partial charge in [-0.1, -0.05) is 6.92 Å². The molecule has 1 aromatic heterocycles. The number of ether oxygens (including phenoxy) is 2. The Hall–Kier alpha value is -1.24. The maximum Gasteiger partial charge on any atom is 0.222 e. The van der Waals surface area contributed by atoms with E-state index in [0.29, 0.717) is 18.1 Å². The summed E-state index contributed by atoms with van der Waals surface area (Å²) in [5, 5.41) is 3.27. The number of nitrogens with zero attached hydrogens (tertiary/aromatic N) is 3. The van der Waals surface area contributed by atoms with Gasteiger partial charge < -0.3 is 14.8 Å². The van der Waals surface area contributed by atoms with Gasteiger partial charge in [0, 0.05) is 56.9 Å². The van der Waals surface area contributed by atoms with Crippen molar-refractivity contribution in [1.82, 2.24) is 14.9 Å². The Kier molecular flexibility index (Phi) is 6.19. The van der Waals surface area contributed by atoms with Crippen molar-refractivity contribution >= 4 is 5.95 Å². The summed E-state index contributed by atoms with van der Waals surface area (Å²) in [6.07, 6.45) is 8.71. The average Bonchev–Trinajstić information content (AvgIpc) is 3.13. The minimum atomic E-state index is 0.308. The SMILES string of the molecule is CCN(Cc1cnc(NCC2CCCO2)nc1)C1CCOCC1. The van der Waals surface area contributed by atoms with Crippen LogP contribution in [0.4, 0.5) is 5.95 Å². The number of anilines is 1. The lowest BCUT2D eigenvalue weighted by molar-refractivity contribution is 0.0329. The highest BCUT2D eigenvalue weighted by atomic mass is 16.5. The highest BCUT2D eigenvalue weighted by Gasteiger charge is 2.20. The first kappa shape index (κ1) is 16.6. The molecule has 23 heavy (non-hydrogen) atoms. The molecule has 2 saturated heterocycles. The maximum atomic E-state index is 5.60. The van der Waals surface area contributed by atoms with Crippen LogP contribution in [0.1, 0.15) is 38.2 Å². The summed E-state index contributed by atoms with van der Waals surface area (Å²) in [5.74, 6) is 0.693. The van der Waals surface area contributed by atoms with Crippen LogP contribution >= 0.6 is 0 Å². The van der Waals surface area contributed by atoms with Crippen LogP contribution in [0.15, 0.2) is 12.4 Å². The summed E-state index contributed by atoms with van der Waals surface area (Å²) in [5.41, 5.74) is 1.17. The fourth-order valence-electron chi connectivity index (χ4n) is 3.32. The Morgan fingerprint density at radius 2 is 1.96 bits per heavy atom. The number of hydrogen-bond donors (Lipinski definition) is 1. The van der Waals surface area contributed by atoms with E-state index >= 15 is 0 Å². The minimum Gasteiger partial charge on any atom is -0.381 e. The van der Waals surface area contributed by atoms with Gasteiger partial charge in [0.25, 0.3) is 0 Å². The molecule has 1 unspecified atom stereocenters. The van der Waals surface area contributed by atoms with E-state index in [0.717, 1.165) is 65.1 Å². The van der Waals surface area contributed by atoms with Gasteiger partial charge in [0.1, 0.15) is 0 Å². The van der Waals surface area contributed by atoms with E-state index in [9.17, 15) is 0 Å². The first-order chi connectivity index (χ1) is 11.3. The van der Waals surface area contributed by atoms with Crippen molar-refractivity contribution in [3.8, 4) is 0 Å². The third-order valence-corrected chi connectivity index (χ3v) is 4.72. The molecule has 1 N–H and O–H groups in total. The molecule has 0 amide bonds. The van der Waals surface area contributed by atoms with Crippen LogP contribution in [0.3, 0.4) is 0 Å². The van der Waals surface area contributed by atoms with Gasteiger partial charge in [0.05, 0.1) is 6.10 Å². The molecule has 0 bridgehead atoms. The Labute approximate surface area is 138 Å². The lowest BCUT2D eigenvalue weighted by atomic mass is 10.1. The van der Waals surface area contributed by atoms with Crippen LogP contribution in [0.2, 0.25) is 0 Å². The van der Waals surface area contributed by atoms with E-state index in [1.165, 1.54) is 5.56 Å². The molecule has 0 spiro atoms. The molecule has 1 aromatic rings. The molecule has 128 valence electrons. The first-order valence-electron chi connectivity index (χ1n) is 8.83. The Morgan fingerprint density at radius 3 is 2.61 bits per heavy atom. The monoisotopic (exact) mass is 320 g/mol. The van der Waals surface area contributed by atoms with Gasteiger partial charge in [-0.05, 0) is 32.2 Å². The Balaban J connectivity index is 1.49. The van der Waals surface area contributed by atoms with E-state index < -0.39 is 0 Å². The molecule has 6 heteroatoms. The molecule has 0 aromatic carbocycles. The van der Waals surface area contributed by atoms with Crippen LogP contribution in [0.5, 0.6) is 0 Å². The van der Waals surface area contributed by atoms with Gasteiger partial charge in [-0.2, -0.15) is 0 Å². The highest BCUT2D eigenvalue weighted by molar-refractivity contribution is 5.25. The minimum absolute atomic E-state index is 0.308. The van der Waals surface area contributed by atoms with Gasteiger partial charge in [-0.25, -0.2) is 9.97 Å². The molecule has 3 heterocycles. The molecular formula is C17H28N4O2. The van der Waals surface area contributed by atoms with Crippen LogP contribution in [0, 0.1) is 0 Å². The van der Waals surface area contributed by atoms with Crippen LogP contribution in [0.25, 0.3) is 0 Å². The predicted molar refractivity (Wildman–Crippen MR) is 89.4 cm³/mol. The Bertz CT molecular complexity index is 456. The van der Waals surface area contributed by atoms with E-state index in [4.69, 9.17) is 9.47 Å². The molecule has 0 saturated carbocycles. The largest absolute Gasteiger partial charge is 0.381 e. The second-order valence-corrected chi connectivity index (χ2v) is 6.34. The van der Waals surface area contributed by atoms with Crippen LogP contribution in [-0.4, -0.2) is 59.9 Å². The second-order valence-electron chi connectivity index (χ2n) is 6.34. The molecule has 2 aliphatic heterocycles. The number of hydrogen-bond acceptors (Lipinski definition) is 6. The Morgan fingerprint density at radius 1 is 1.17 bits per heavy atom. The van der Waals surface area contributed by atoms with E-state index in [1.807, 2.05) is 12.4 Å². The van der Waals surface area contributed by atoms with Gasteiger partial charge in [-0.15, -0.1) is 0 Å². The van der Waals surface area contributed by atoms with Crippen molar-refractivity contribution in [1.29, 1.82) is 0 Å². The molecular weight excluding hydrogens is 292 g/mol. The van der Waals surface area contributed by atoms with E-state index in [2.05, 4.69) is 27.1 Å². The summed E-state index contributed by atoms with van der Waals surface area (Å²) >= 11 is 0. The topological polar surface area (TPSA) is 59.5 Å². The highest BCUT2D eigenvalue weighted by Crippen LogP contribution is 2.17. The third kappa shape index (κ3) is 4.86. The molecule has 6 nitrogen and oxygen atoms in total. The quantitative estimate of drug-likeness (QED) is 0.830. The second kappa shape index (κ2) is 8.57. The average molecular weight is 320 g/mol. The van der Waals surface area contributed by atoms with Gasteiger partial charge in [0.2, 0.25) is 5.95 Å². The predicted octanol–water partition coefficient (Wildman–Crippen LogP) is 2.07. The summed E-state index contributed by atoms with van der Waals surface area (Å²) in [6, 6.07) is 0.617. The number of aromatic nitrogens is 2. The van der Waals surface area contributed by atoms with E-state index in [1.54, 1.807) is 0 Å². The van der Waals surface area contributed by atoms with Gasteiger partial charge >= 0.3 is 0 Å². The van der Waals surface area contributed by atoms with E-state index in [-0.39, 0.29) is 0 Å². The fraction of sp³-hybridized carbons (Fsp3) is 0.765. The summed E-state index contributed by atoms with van der Waals surface area (Å²) in [7, 11) is 0. The first-order valence-corrected chi connectivity index (χ1v) is 8.83. The third-order valence-electron chi connectivity index (χ3n) is 4.72. The van der Waals surface area contributed by atoms with Crippen LogP contribution < -0.4 is 5.32 Å². The van der Waals surface area contributed by atoms with Gasteiger partial charge in [-0.3, -0.25) is 4.90 Å². The number of rotatable bonds is 7. The zero-order chi connectivity index (χ0) is 15.9. The summed E-state index contributed by atoms with van der Waals surface area (Å²) in [6.45, 7) is 7.60. The molecule has 0 aliphatic carbocycles. The normalized spacial score (nSPS) is 22.6. The molecule has 1 atom stereocenters. The maximum absolute atomic E-state index is 5.60. The molecule has 2 fully saturated rings. The van der Waals surface area contributed by atoms with Crippen molar-refractivity contribution in [3.63, 3.8) is 0 Å². The number of nitrogens with one attached hydrogen (secondary N) is 1. The van der Waals surface area contributed by atoms with Crippen LogP contribution in [-0.2, 0) is 16.0 Å². The van der Waals surface area contributed by atoms with Crippen molar-refractivity contribution in [2.75, 3.05) is 38.2 Å². The summed E-state index contributed by atoms with van der Waals surface area (Å²) < 4.78 is 11.1. The zero-order valence-corrected chi connectivity index (χ0v) is 14.0. The fourth-order valence-corrected chi connectivity index (χ4v) is 3.32. The smallest absolute Gasteiger partial charge is 0.222 e. The molecule has 2 aliphatic rings. The zero-order valence-electron chi connectivity index (χ0n) is 14.0. The van der Waals surface area contributed by atoms with Crippen molar-refractivity contribution in [2.45, 2.75) is 51.3 Å².